The summed E-state index contributed by atoms with van der Waals surface area (Å²) in [6.07, 6.45) is 0. The number of nitro benzene ring substituents is 4. The Hall–Kier alpha value is -7.58. The summed E-state index contributed by atoms with van der Waals surface area (Å²) in [6, 6.07) is 16.3. The minimum Gasteiger partial charge on any atom is -0.457 e. The molecule has 4 amide bonds. The van der Waals surface area contributed by atoms with Crippen LogP contribution in [-0.4, -0.2) is 31.8 Å². The van der Waals surface area contributed by atoms with Crippen LogP contribution in [0.2, 0.25) is 0 Å². The summed E-state index contributed by atoms with van der Waals surface area (Å²) < 4.78 is 5.73. The van der Waals surface area contributed by atoms with Gasteiger partial charge in [0.1, 0.15) is 22.9 Å². The molecule has 4 aromatic rings. The third-order valence-electron chi connectivity index (χ3n) is 5.86. The Morgan fingerprint density at radius 1 is 0.511 bits per heavy atom. The van der Waals surface area contributed by atoms with E-state index in [1.165, 1.54) is 48.5 Å². The van der Waals surface area contributed by atoms with Gasteiger partial charge in [0.05, 0.1) is 31.8 Å². The molecular weight excluding hydrogens is 628 g/mol. The van der Waals surface area contributed by atoms with Gasteiger partial charge in [0.2, 0.25) is 0 Å². The number of nitrogens with one attached hydrogen (secondary N) is 6. The molecule has 0 bridgehead atoms. The quantitative estimate of drug-likeness (QED) is 0.0828. The molecular formula is C26H20N10O11. The van der Waals surface area contributed by atoms with Crippen LogP contribution >= 0.6 is 0 Å². The summed E-state index contributed by atoms with van der Waals surface area (Å²) in [5.41, 5.74) is 7.18. The molecule has 21 nitrogen and oxygen atoms in total. The second-order valence-electron chi connectivity index (χ2n) is 8.99. The van der Waals surface area contributed by atoms with E-state index in [4.69, 9.17) is 4.74 Å². The first-order valence-corrected chi connectivity index (χ1v) is 12.8. The zero-order valence-electron chi connectivity index (χ0n) is 23.4. The van der Waals surface area contributed by atoms with Gasteiger partial charge in [-0.3, -0.25) is 62.2 Å². The summed E-state index contributed by atoms with van der Waals surface area (Å²) in [7, 11) is 0. The van der Waals surface area contributed by atoms with E-state index >= 15 is 0 Å². The molecule has 0 saturated carbocycles. The number of urea groups is 2. The van der Waals surface area contributed by atoms with Crippen molar-refractivity contribution >= 4 is 57.6 Å². The van der Waals surface area contributed by atoms with Crippen molar-refractivity contribution in [1.29, 1.82) is 0 Å². The van der Waals surface area contributed by atoms with Gasteiger partial charge >= 0.3 is 23.4 Å². The molecule has 0 aromatic heterocycles. The first kappa shape index (κ1) is 32.3. The van der Waals surface area contributed by atoms with Gasteiger partial charge in [-0.2, -0.15) is 0 Å². The fourth-order valence-corrected chi connectivity index (χ4v) is 3.70. The predicted molar refractivity (Wildman–Crippen MR) is 164 cm³/mol. The van der Waals surface area contributed by atoms with E-state index in [1.807, 2.05) is 0 Å². The Bertz CT molecular complexity index is 1730. The number of nitrogens with zero attached hydrogens (tertiary/aromatic N) is 4. The molecule has 0 saturated heterocycles. The highest BCUT2D eigenvalue weighted by molar-refractivity contribution is 5.91. The molecule has 0 atom stereocenters. The molecule has 0 spiro atoms. The van der Waals surface area contributed by atoms with Crippen molar-refractivity contribution in [3.8, 4) is 11.5 Å². The van der Waals surface area contributed by atoms with Crippen molar-refractivity contribution in [1.82, 2.24) is 10.9 Å². The maximum atomic E-state index is 12.2. The largest absolute Gasteiger partial charge is 0.457 e. The van der Waals surface area contributed by atoms with Gasteiger partial charge in [0.25, 0.3) is 11.4 Å². The molecule has 47 heavy (non-hydrogen) atoms. The fraction of sp³-hybridized carbons (Fsp3) is 0. The average molecular weight is 649 g/mol. The number of hydrazine groups is 2. The first-order chi connectivity index (χ1) is 22.4. The van der Waals surface area contributed by atoms with E-state index in [9.17, 15) is 50.0 Å². The minimum absolute atomic E-state index is 0.174. The van der Waals surface area contributed by atoms with Crippen LogP contribution in [0.4, 0.5) is 55.1 Å². The van der Waals surface area contributed by atoms with Crippen molar-refractivity contribution in [2.24, 2.45) is 0 Å². The van der Waals surface area contributed by atoms with Gasteiger partial charge in [0.15, 0.2) is 0 Å². The van der Waals surface area contributed by atoms with E-state index in [0.717, 1.165) is 36.4 Å². The van der Waals surface area contributed by atoms with Gasteiger partial charge in [-0.1, -0.05) is 0 Å². The Kier molecular flexibility index (Phi) is 9.81. The molecule has 0 aliphatic heterocycles. The lowest BCUT2D eigenvalue weighted by Gasteiger charge is -2.12. The normalized spacial score (nSPS) is 10.1. The monoisotopic (exact) mass is 648 g/mol. The summed E-state index contributed by atoms with van der Waals surface area (Å²) in [6.45, 7) is 0. The SMILES string of the molecule is O=C(NNc1ccc([N+](=O)[O-])cc1[N+](=O)[O-])Nc1ccc(Oc2ccc(NC(=O)NNc3ccc([N+](=O)[O-])cc3[N+](=O)[O-])cc2)cc1. The van der Waals surface area contributed by atoms with Crippen molar-refractivity contribution < 1.29 is 34.0 Å². The fourth-order valence-electron chi connectivity index (χ4n) is 3.70. The average Bonchev–Trinajstić information content (AvgIpc) is 3.04. The third kappa shape index (κ3) is 8.73. The lowest BCUT2D eigenvalue weighted by Crippen LogP contribution is -2.33. The number of ether oxygens (including phenoxy) is 1. The standard InChI is InChI=1S/C26H20N10O11/c37-25(31-29-21-11-5-17(33(39)40)13-23(21)35(43)44)27-15-1-7-19(8-2-15)47-20-9-3-16(4-10-20)28-26(38)32-30-22-12-6-18(34(41)42)14-24(22)36(45)46/h1-14,29-30H,(H2,27,31,37)(H2,28,32,38). The molecule has 6 N–H and O–H groups in total. The summed E-state index contributed by atoms with van der Waals surface area (Å²) in [5, 5.41) is 49.1. The molecule has 0 radical (unpaired) electrons. The summed E-state index contributed by atoms with van der Waals surface area (Å²) in [5.74, 6) is 0.755. The Morgan fingerprint density at radius 3 is 1.19 bits per heavy atom. The van der Waals surface area contributed by atoms with Crippen molar-refractivity contribution in [3.63, 3.8) is 0 Å². The molecule has 0 heterocycles. The number of anilines is 4. The van der Waals surface area contributed by atoms with Gasteiger partial charge in [-0.25, -0.2) is 9.59 Å². The molecule has 0 unspecified atom stereocenters. The molecule has 0 fully saturated rings. The highest BCUT2D eigenvalue weighted by Gasteiger charge is 2.21. The second kappa shape index (κ2) is 14.3. The molecule has 4 rings (SSSR count). The highest BCUT2D eigenvalue weighted by atomic mass is 16.6. The number of non-ortho nitro benzene ring substituents is 2. The Balaban J connectivity index is 1.26. The first-order valence-electron chi connectivity index (χ1n) is 12.8. The van der Waals surface area contributed by atoms with Gasteiger partial charge in [0, 0.05) is 23.5 Å². The van der Waals surface area contributed by atoms with Crippen LogP contribution in [0, 0.1) is 40.5 Å². The number of rotatable bonds is 12. The summed E-state index contributed by atoms with van der Waals surface area (Å²) in [4.78, 5) is 65.4. The van der Waals surface area contributed by atoms with Gasteiger partial charge in [-0.05, 0) is 60.7 Å². The smallest absolute Gasteiger partial charge is 0.337 e. The number of hydrogen-bond donors (Lipinski definition) is 6. The van der Waals surface area contributed by atoms with Crippen LogP contribution in [0.3, 0.4) is 0 Å². The predicted octanol–water partition coefficient (Wildman–Crippen LogP) is 5.41. The number of hydrogen-bond acceptors (Lipinski definition) is 13. The van der Waals surface area contributed by atoms with Crippen LogP contribution < -0.4 is 37.1 Å². The minimum atomic E-state index is -0.837. The third-order valence-corrected chi connectivity index (χ3v) is 5.86. The Morgan fingerprint density at radius 2 is 0.872 bits per heavy atom. The van der Waals surface area contributed by atoms with Crippen molar-refractivity contribution in [2.45, 2.75) is 0 Å². The molecule has 21 heteroatoms. The van der Waals surface area contributed by atoms with Crippen LogP contribution in [0.25, 0.3) is 0 Å². The number of carbonyl (C=O) groups is 2. The van der Waals surface area contributed by atoms with E-state index in [0.29, 0.717) is 22.9 Å². The van der Waals surface area contributed by atoms with Crippen molar-refractivity contribution in [3.05, 3.63) is 125 Å². The zero-order valence-corrected chi connectivity index (χ0v) is 23.4. The van der Waals surface area contributed by atoms with E-state index < -0.39 is 54.5 Å². The summed E-state index contributed by atoms with van der Waals surface area (Å²) >= 11 is 0. The maximum Gasteiger partial charge on any atom is 0.337 e. The van der Waals surface area contributed by atoms with E-state index in [-0.39, 0.29) is 11.4 Å². The number of nitro groups is 4. The topological polar surface area (TPSA) is 288 Å². The van der Waals surface area contributed by atoms with E-state index in [1.54, 1.807) is 0 Å². The number of benzene rings is 4. The van der Waals surface area contributed by atoms with Crippen LogP contribution in [0.15, 0.2) is 84.9 Å². The van der Waals surface area contributed by atoms with Crippen LogP contribution in [-0.2, 0) is 0 Å². The highest BCUT2D eigenvalue weighted by Crippen LogP contribution is 2.30. The molecule has 240 valence electrons. The van der Waals surface area contributed by atoms with E-state index in [2.05, 4.69) is 32.3 Å². The molecule has 4 aromatic carbocycles. The molecule has 0 aliphatic carbocycles. The van der Waals surface area contributed by atoms with Crippen LogP contribution in [0.5, 0.6) is 11.5 Å². The maximum absolute atomic E-state index is 12.2. The number of amides is 4. The lowest BCUT2D eigenvalue weighted by atomic mass is 10.2. The van der Waals surface area contributed by atoms with Gasteiger partial charge < -0.3 is 15.4 Å². The number of carbonyl (C=O) groups excluding carboxylic acids is 2. The second-order valence-corrected chi connectivity index (χ2v) is 8.99. The Labute approximate surface area is 261 Å². The van der Waals surface area contributed by atoms with Crippen molar-refractivity contribution in [2.75, 3.05) is 21.5 Å². The molecule has 0 aliphatic rings. The van der Waals surface area contributed by atoms with Crippen LogP contribution in [0.1, 0.15) is 0 Å². The van der Waals surface area contributed by atoms with Gasteiger partial charge in [-0.15, -0.1) is 0 Å². The zero-order chi connectivity index (χ0) is 34.1. The lowest BCUT2D eigenvalue weighted by molar-refractivity contribution is -0.393.